The molecule has 2 aromatic rings. The van der Waals surface area contributed by atoms with Crippen LogP contribution in [-0.2, 0) is 17.8 Å². The smallest absolute Gasteiger partial charge is 0.162 e. The summed E-state index contributed by atoms with van der Waals surface area (Å²) < 4.78 is 5.23. The van der Waals surface area contributed by atoms with Crippen LogP contribution in [-0.4, -0.2) is 17.1 Å². The topological polar surface area (TPSA) is 73.1 Å². The largest absolute Gasteiger partial charge is 0.380 e. The van der Waals surface area contributed by atoms with Crippen LogP contribution >= 0.6 is 0 Å². The van der Waals surface area contributed by atoms with E-state index in [-0.39, 0.29) is 0 Å². The Morgan fingerprint density at radius 1 is 1.25 bits per heavy atom. The van der Waals surface area contributed by atoms with Gasteiger partial charge in [-0.1, -0.05) is 37.6 Å². The van der Waals surface area contributed by atoms with Crippen molar-refractivity contribution >= 4 is 5.82 Å². The molecule has 106 valence electrons. The Labute approximate surface area is 119 Å². The van der Waals surface area contributed by atoms with E-state index in [1.165, 1.54) is 0 Å². The first-order chi connectivity index (χ1) is 9.78. The van der Waals surface area contributed by atoms with Gasteiger partial charge in [-0.3, -0.25) is 0 Å². The van der Waals surface area contributed by atoms with Crippen molar-refractivity contribution in [3.8, 4) is 11.4 Å². The molecular weight excluding hydrogens is 252 g/mol. The Hall–Kier alpha value is -1.98. The van der Waals surface area contributed by atoms with Crippen molar-refractivity contribution in [1.29, 1.82) is 0 Å². The molecule has 0 spiro atoms. The molecule has 0 aliphatic heterocycles. The maximum atomic E-state index is 5.49. The Morgan fingerprint density at radius 3 is 2.75 bits per heavy atom. The third-order valence-electron chi connectivity index (χ3n) is 2.99. The summed E-state index contributed by atoms with van der Waals surface area (Å²) in [5.41, 5.74) is 5.63. The van der Waals surface area contributed by atoms with Crippen LogP contribution in [0.3, 0.4) is 0 Å². The van der Waals surface area contributed by atoms with Gasteiger partial charge in [0.15, 0.2) is 5.82 Å². The van der Waals surface area contributed by atoms with Crippen LogP contribution in [0.5, 0.6) is 0 Å². The van der Waals surface area contributed by atoms with E-state index in [4.69, 9.17) is 10.6 Å². The van der Waals surface area contributed by atoms with E-state index in [0.29, 0.717) is 18.2 Å². The maximum Gasteiger partial charge on any atom is 0.162 e. The predicted octanol–water partition coefficient (Wildman–Crippen LogP) is 2.53. The van der Waals surface area contributed by atoms with Crippen molar-refractivity contribution in [3.05, 3.63) is 41.6 Å². The summed E-state index contributed by atoms with van der Waals surface area (Å²) in [7, 11) is 1.68. The first-order valence-corrected chi connectivity index (χ1v) is 6.70. The number of rotatable bonds is 6. The number of benzene rings is 1. The minimum Gasteiger partial charge on any atom is -0.380 e. The number of ether oxygens (including phenoxy) is 1. The molecule has 0 radical (unpaired) electrons. The number of nitrogens with two attached hydrogens (primary N) is 1. The van der Waals surface area contributed by atoms with Crippen LogP contribution in [0.1, 0.15) is 24.6 Å². The lowest BCUT2D eigenvalue weighted by molar-refractivity contribution is 0.185. The number of hydrogen-bond donors (Lipinski definition) is 2. The van der Waals surface area contributed by atoms with E-state index in [1.807, 2.05) is 30.3 Å². The SMILES string of the molecule is CCCc1cc(NN)nc(-c2ccccc2COC)n1. The van der Waals surface area contributed by atoms with Gasteiger partial charge in [-0.2, -0.15) is 0 Å². The highest BCUT2D eigenvalue weighted by Crippen LogP contribution is 2.23. The van der Waals surface area contributed by atoms with E-state index in [2.05, 4.69) is 22.3 Å². The average molecular weight is 272 g/mol. The summed E-state index contributed by atoms with van der Waals surface area (Å²) in [4.78, 5) is 9.07. The maximum absolute atomic E-state index is 5.49. The average Bonchev–Trinajstić information content (AvgIpc) is 2.48. The summed E-state index contributed by atoms with van der Waals surface area (Å²) in [6.07, 6.45) is 1.93. The molecule has 0 unspecified atom stereocenters. The number of aromatic nitrogens is 2. The van der Waals surface area contributed by atoms with Crippen LogP contribution in [0.15, 0.2) is 30.3 Å². The molecule has 0 aliphatic carbocycles. The van der Waals surface area contributed by atoms with Gasteiger partial charge in [-0.05, 0) is 12.0 Å². The fourth-order valence-corrected chi connectivity index (χ4v) is 2.10. The second-order valence-electron chi connectivity index (χ2n) is 4.55. The van der Waals surface area contributed by atoms with Crippen LogP contribution in [0.4, 0.5) is 5.82 Å². The zero-order chi connectivity index (χ0) is 14.4. The second-order valence-corrected chi connectivity index (χ2v) is 4.55. The van der Waals surface area contributed by atoms with Crippen LogP contribution in [0.2, 0.25) is 0 Å². The molecular formula is C15H20N4O. The van der Waals surface area contributed by atoms with Crippen molar-refractivity contribution in [1.82, 2.24) is 9.97 Å². The molecule has 1 heterocycles. The highest BCUT2D eigenvalue weighted by atomic mass is 16.5. The standard InChI is InChI=1S/C15H20N4O/c1-3-6-12-9-14(19-16)18-15(17-12)13-8-5-4-7-11(13)10-20-2/h4-5,7-9H,3,6,10,16H2,1-2H3,(H,17,18,19). The number of nitrogens with one attached hydrogen (secondary N) is 1. The first-order valence-electron chi connectivity index (χ1n) is 6.70. The molecule has 0 saturated carbocycles. The first kappa shape index (κ1) is 14.4. The normalized spacial score (nSPS) is 10.6. The van der Waals surface area contributed by atoms with E-state index in [1.54, 1.807) is 7.11 Å². The molecule has 0 aliphatic rings. The molecule has 1 aromatic heterocycles. The molecule has 2 rings (SSSR count). The molecule has 0 fully saturated rings. The van der Waals surface area contributed by atoms with E-state index < -0.39 is 0 Å². The fourth-order valence-electron chi connectivity index (χ4n) is 2.10. The molecule has 0 saturated heterocycles. The predicted molar refractivity (Wildman–Crippen MR) is 80.0 cm³/mol. The molecule has 1 aromatic carbocycles. The van der Waals surface area contributed by atoms with Crippen LogP contribution < -0.4 is 11.3 Å². The van der Waals surface area contributed by atoms with Gasteiger partial charge in [0, 0.05) is 24.4 Å². The number of aryl methyl sites for hydroxylation is 1. The molecule has 5 nitrogen and oxygen atoms in total. The Balaban J connectivity index is 2.48. The molecule has 3 N–H and O–H groups in total. The monoisotopic (exact) mass is 272 g/mol. The summed E-state index contributed by atoms with van der Waals surface area (Å²) in [6.45, 7) is 2.65. The molecule has 0 atom stereocenters. The number of hydrogen-bond acceptors (Lipinski definition) is 5. The van der Waals surface area contributed by atoms with Gasteiger partial charge < -0.3 is 10.2 Å². The van der Waals surface area contributed by atoms with E-state index in [0.717, 1.165) is 29.7 Å². The number of methoxy groups -OCH3 is 1. The second kappa shape index (κ2) is 6.98. The molecule has 20 heavy (non-hydrogen) atoms. The van der Waals surface area contributed by atoms with Crippen molar-refractivity contribution in [2.75, 3.05) is 12.5 Å². The van der Waals surface area contributed by atoms with Gasteiger partial charge in [-0.15, -0.1) is 0 Å². The lowest BCUT2D eigenvalue weighted by Gasteiger charge is -2.10. The number of nitrogen functional groups attached to an aromatic ring is 1. The van der Waals surface area contributed by atoms with Gasteiger partial charge in [0.2, 0.25) is 0 Å². The summed E-state index contributed by atoms with van der Waals surface area (Å²) in [5.74, 6) is 6.80. The summed E-state index contributed by atoms with van der Waals surface area (Å²) >= 11 is 0. The van der Waals surface area contributed by atoms with E-state index >= 15 is 0 Å². The summed E-state index contributed by atoms with van der Waals surface area (Å²) in [5, 5.41) is 0. The third-order valence-corrected chi connectivity index (χ3v) is 2.99. The van der Waals surface area contributed by atoms with Gasteiger partial charge in [0.25, 0.3) is 0 Å². The number of nitrogens with zero attached hydrogens (tertiary/aromatic N) is 2. The molecule has 0 amide bonds. The summed E-state index contributed by atoms with van der Waals surface area (Å²) in [6, 6.07) is 9.85. The Kier molecular flexibility index (Phi) is 5.03. The zero-order valence-corrected chi connectivity index (χ0v) is 11.9. The van der Waals surface area contributed by atoms with Crippen molar-refractivity contribution in [2.24, 2.45) is 5.84 Å². The van der Waals surface area contributed by atoms with Crippen LogP contribution in [0, 0.1) is 0 Å². The molecule has 5 heteroatoms. The minimum absolute atomic E-state index is 0.531. The van der Waals surface area contributed by atoms with Gasteiger partial charge in [0.1, 0.15) is 5.82 Å². The molecule has 0 bridgehead atoms. The fraction of sp³-hybridized carbons (Fsp3) is 0.333. The highest BCUT2D eigenvalue weighted by Gasteiger charge is 2.10. The highest BCUT2D eigenvalue weighted by molar-refractivity contribution is 5.61. The Morgan fingerprint density at radius 2 is 2.05 bits per heavy atom. The lowest BCUT2D eigenvalue weighted by Crippen LogP contribution is -2.11. The quantitative estimate of drug-likeness (QED) is 0.624. The van der Waals surface area contributed by atoms with Crippen molar-refractivity contribution in [3.63, 3.8) is 0 Å². The third kappa shape index (κ3) is 3.31. The number of anilines is 1. The number of hydrazine groups is 1. The van der Waals surface area contributed by atoms with E-state index in [9.17, 15) is 0 Å². The van der Waals surface area contributed by atoms with Crippen molar-refractivity contribution in [2.45, 2.75) is 26.4 Å². The lowest BCUT2D eigenvalue weighted by atomic mass is 10.1. The van der Waals surface area contributed by atoms with Gasteiger partial charge in [-0.25, -0.2) is 15.8 Å². The minimum atomic E-state index is 0.531. The van der Waals surface area contributed by atoms with Gasteiger partial charge >= 0.3 is 0 Å². The Bertz CT molecular complexity index is 572. The van der Waals surface area contributed by atoms with Gasteiger partial charge in [0.05, 0.1) is 6.61 Å². The zero-order valence-electron chi connectivity index (χ0n) is 11.9. The van der Waals surface area contributed by atoms with Crippen molar-refractivity contribution < 1.29 is 4.74 Å². The van der Waals surface area contributed by atoms with Crippen LogP contribution in [0.25, 0.3) is 11.4 Å².